The molecule has 1 aromatic rings. The van der Waals surface area contributed by atoms with E-state index in [4.69, 9.17) is 0 Å². The summed E-state index contributed by atoms with van der Waals surface area (Å²) in [6, 6.07) is 4.77. The average molecular weight is 204 g/mol. The van der Waals surface area contributed by atoms with Crippen LogP contribution in [-0.4, -0.2) is 29.3 Å². The number of nitrogens with zero attached hydrogens (tertiary/aromatic N) is 2. The largest absolute Gasteiger partial charge is 0.396 e. The molecule has 2 saturated heterocycles. The molecule has 1 aromatic heterocycles. The van der Waals surface area contributed by atoms with Gasteiger partial charge in [-0.2, -0.15) is 0 Å². The number of aliphatic hydroxyl groups excluding tert-OH is 1. The molecule has 3 fully saturated rings. The lowest BCUT2D eigenvalue weighted by molar-refractivity contribution is 0.0873. The lowest BCUT2D eigenvalue weighted by Gasteiger charge is -2.35. The predicted octanol–water partition coefficient (Wildman–Crippen LogP) is 1.35. The van der Waals surface area contributed by atoms with Gasteiger partial charge in [0.15, 0.2) is 0 Å². The molecule has 0 unspecified atom stereocenters. The zero-order valence-corrected chi connectivity index (χ0v) is 8.98. The number of pyridine rings is 1. The summed E-state index contributed by atoms with van der Waals surface area (Å²) < 4.78 is 0. The minimum atomic E-state index is 0.191. The van der Waals surface area contributed by atoms with Crippen LogP contribution in [0.5, 0.6) is 0 Å². The summed E-state index contributed by atoms with van der Waals surface area (Å²) in [5, 5.41) is 9.34. The number of aliphatic hydroxyl groups is 1. The molecule has 4 rings (SSSR count). The minimum absolute atomic E-state index is 0.191. The minimum Gasteiger partial charge on any atom is -0.396 e. The quantitative estimate of drug-likeness (QED) is 0.790. The van der Waals surface area contributed by atoms with Crippen LogP contribution in [0.4, 0.5) is 5.82 Å². The number of fused-ring (bicyclic) bond motifs is 1. The van der Waals surface area contributed by atoms with Gasteiger partial charge in [0, 0.05) is 24.2 Å². The Balaban J connectivity index is 1.86. The second-order valence-corrected chi connectivity index (χ2v) is 5.04. The van der Waals surface area contributed by atoms with Crippen molar-refractivity contribution in [2.75, 3.05) is 18.1 Å². The van der Waals surface area contributed by atoms with Gasteiger partial charge in [-0.1, -0.05) is 0 Å². The Morgan fingerprint density at radius 1 is 1.60 bits per heavy atom. The molecule has 2 bridgehead atoms. The summed E-state index contributed by atoms with van der Waals surface area (Å²) in [6.07, 6.45) is 4.14. The molecular weight excluding hydrogens is 188 g/mol. The van der Waals surface area contributed by atoms with E-state index >= 15 is 0 Å². The van der Waals surface area contributed by atoms with Crippen LogP contribution in [0.2, 0.25) is 0 Å². The molecule has 0 radical (unpaired) electrons. The second-order valence-electron chi connectivity index (χ2n) is 5.04. The summed E-state index contributed by atoms with van der Waals surface area (Å²) >= 11 is 0. The van der Waals surface area contributed by atoms with Gasteiger partial charge < -0.3 is 10.0 Å². The van der Waals surface area contributed by atoms with E-state index in [2.05, 4.69) is 22.9 Å². The maximum atomic E-state index is 9.34. The number of anilines is 1. The van der Waals surface area contributed by atoms with E-state index in [0.717, 1.165) is 25.2 Å². The maximum absolute atomic E-state index is 9.34. The standard InChI is InChI=1S/C12H16N2O/c1-9-2-3-13-11(4-9)14-7-12(8-15)5-10(14)6-12/h2-4,10,15H,5-8H2,1H3. The highest BCUT2D eigenvalue weighted by atomic mass is 16.3. The summed E-state index contributed by atoms with van der Waals surface area (Å²) in [5.74, 6) is 1.08. The Hall–Kier alpha value is -1.09. The Labute approximate surface area is 89.7 Å². The molecule has 3 heteroatoms. The topological polar surface area (TPSA) is 36.4 Å². The van der Waals surface area contributed by atoms with Crippen LogP contribution in [0.3, 0.4) is 0 Å². The molecule has 3 aliphatic rings. The van der Waals surface area contributed by atoms with Crippen molar-refractivity contribution in [3.05, 3.63) is 23.9 Å². The van der Waals surface area contributed by atoms with Gasteiger partial charge in [0.2, 0.25) is 0 Å². The van der Waals surface area contributed by atoms with Crippen molar-refractivity contribution in [2.45, 2.75) is 25.8 Å². The van der Waals surface area contributed by atoms with Crippen LogP contribution in [0.15, 0.2) is 18.3 Å². The molecule has 15 heavy (non-hydrogen) atoms. The zero-order valence-electron chi connectivity index (χ0n) is 8.98. The third-order valence-corrected chi connectivity index (χ3v) is 3.81. The fourth-order valence-corrected chi connectivity index (χ4v) is 2.90. The molecule has 3 nitrogen and oxygen atoms in total. The lowest BCUT2D eigenvalue weighted by Crippen LogP contribution is -2.37. The van der Waals surface area contributed by atoms with Crippen molar-refractivity contribution in [1.82, 2.24) is 4.98 Å². The van der Waals surface area contributed by atoms with E-state index in [1.807, 2.05) is 12.3 Å². The molecule has 0 amide bonds. The third kappa shape index (κ3) is 1.26. The Kier molecular flexibility index (Phi) is 1.80. The number of aromatic nitrogens is 1. The van der Waals surface area contributed by atoms with Gasteiger partial charge in [-0.3, -0.25) is 0 Å². The smallest absolute Gasteiger partial charge is 0.128 e. The summed E-state index contributed by atoms with van der Waals surface area (Å²) in [4.78, 5) is 6.76. The van der Waals surface area contributed by atoms with Crippen LogP contribution in [0.25, 0.3) is 0 Å². The van der Waals surface area contributed by atoms with Crippen LogP contribution < -0.4 is 4.90 Å². The number of hydrogen-bond donors (Lipinski definition) is 1. The molecular formula is C12H16N2O. The molecule has 1 N–H and O–H groups in total. The SMILES string of the molecule is Cc1ccnc(N2CC3(CO)CC2C3)c1. The highest BCUT2D eigenvalue weighted by Gasteiger charge is 2.54. The van der Waals surface area contributed by atoms with E-state index in [0.29, 0.717) is 12.6 Å². The van der Waals surface area contributed by atoms with Crippen LogP contribution in [-0.2, 0) is 0 Å². The first-order chi connectivity index (χ1) is 7.22. The van der Waals surface area contributed by atoms with Gasteiger partial charge in [-0.25, -0.2) is 4.98 Å². The van der Waals surface area contributed by atoms with Gasteiger partial charge in [-0.05, 0) is 37.5 Å². The monoisotopic (exact) mass is 204 g/mol. The highest BCUT2D eigenvalue weighted by molar-refractivity contribution is 5.47. The van der Waals surface area contributed by atoms with Gasteiger partial charge in [0.25, 0.3) is 0 Å². The summed E-state index contributed by atoms with van der Waals surface area (Å²) in [6.45, 7) is 3.39. The zero-order chi connectivity index (χ0) is 10.5. The first kappa shape index (κ1) is 9.16. The van der Waals surface area contributed by atoms with E-state index in [1.54, 1.807) is 0 Å². The fourth-order valence-electron chi connectivity index (χ4n) is 2.90. The Bertz CT molecular complexity index is 385. The van der Waals surface area contributed by atoms with Gasteiger partial charge in [-0.15, -0.1) is 0 Å². The van der Waals surface area contributed by atoms with Crippen molar-refractivity contribution in [1.29, 1.82) is 0 Å². The van der Waals surface area contributed by atoms with Crippen molar-refractivity contribution >= 4 is 5.82 Å². The van der Waals surface area contributed by atoms with Crippen molar-refractivity contribution < 1.29 is 5.11 Å². The first-order valence-electron chi connectivity index (χ1n) is 5.53. The highest BCUT2D eigenvalue weighted by Crippen LogP contribution is 2.52. The van der Waals surface area contributed by atoms with Crippen LogP contribution in [0, 0.1) is 12.3 Å². The lowest BCUT2D eigenvalue weighted by atomic mass is 9.71. The summed E-state index contributed by atoms with van der Waals surface area (Å²) in [7, 11) is 0. The van der Waals surface area contributed by atoms with Gasteiger partial charge in [0.05, 0.1) is 6.61 Å². The summed E-state index contributed by atoms with van der Waals surface area (Å²) in [5.41, 5.74) is 1.44. The van der Waals surface area contributed by atoms with Crippen LogP contribution >= 0.6 is 0 Å². The second kappa shape index (κ2) is 2.95. The van der Waals surface area contributed by atoms with Gasteiger partial charge in [0.1, 0.15) is 5.82 Å². The van der Waals surface area contributed by atoms with E-state index in [9.17, 15) is 5.11 Å². The molecule has 2 aliphatic heterocycles. The van der Waals surface area contributed by atoms with Crippen LogP contribution in [0.1, 0.15) is 18.4 Å². The predicted molar refractivity (Wildman–Crippen MR) is 58.9 cm³/mol. The molecule has 80 valence electrons. The Morgan fingerprint density at radius 2 is 2.40 bits per heavy atom. The first-order valence-corrected chi connectivity index (χ1v) is 5.53. The third-order valence-electron chi connectivity index (χ3n) is 3.81. The number of hydrogen-bond acceptors (Lipinski definition) is 3. The molecule has 1 aliphatic carbocycles. The molecule has 3 heterocycles. The van der Waals surface area contributed by atoms with E-state index < -0.39 is 0 Å². The van der Waals surface area contributed by atoms with Crippen molar-refractivity contribution in [2.24, 2.45) is 5.41 Å². The van der Waals surface area contributed by atoms with Crippen molar-refractivity contribution in [3.8, 4) is 0 Å². The Morgan fingerprint density at radius 3 is 3.00 bits per heavy atom. The maximum Gasteiger partial charge on any atom is 0.128 e. The molecule has 0 aromatic carbocycles. The number of aryl methyl sites for hydroxylation is 1. The molecule has 0 atom stereocenters. The fraction of sp³-hybridized carbons (Fsp3) is 0.583. The van der Waals surface area contributed by atoms with E-state index in [1.165, 1.54) is 5.56 Å². The van der Waals surface area contributed by atoms with Gasteiger partial charge >= 0.3 is 0 Å². The van der Waals surface area contributed by atoms with Crippen molar-refractivity contribution in [3.63, 3.8) is 0 Å². The average Bonchev–Trinajstić information content (AvgIpc) is 2.71. The molecule has 1 saturated carbocycles. The normalized spacial score (nSPS) is 32.9. The molecule has 0 spiro atoms. The van der Waals surface area contributed by atoms with E-state index in [-0.39, 0.29) is 5.41 Å². The number of rotatable bonds is 2.